The quantitative estimate of drug-likeness (QED) is 0.632. The van der Waals surface area contributed by atoms with Crippen LogP contribution in [-0.4, -0.2) is 40.9 Å². The lowest BCUT2D eigenvalue weighted by atomic mass is 9.98. The summed E-state index contributed by atoms with van der Waals surface area (Å²) in [5, 5.41) is 6.20. The highest BCUT2D eigenvalue weighted by atomic mass is 16.2. The lowest BCUT2D eigenvalue weighted by Crippen LogP contribution is -2.44. The molecule has 1 spiro atoms. The lowest BCUT2D eigenvalue weighted by molar-refractivity contribution is -0.131. The maximum absolute atomic E-state index is 13.1. The minimum atomic E-state index is -0.737. The summed E-state index contributed by atoms with van der Waals surface area (Å²) in [6.07, 6.45) is 3.34. The lowest BCUT2D eigenvalue weighted by Gasteiger charge is -2.28. The van der Waals surface area contributed by atoms with Crippen LogP contribution in [0.5, 0.6) is 0 Å². The number of rotatable bonds is 7. The Labute approximate surface area is 188 Å². The van der Waals surface area contributed by atoms with E-state index in [-0.39, 0.29) is 36.9 Å². The van der Waals surface area contributed by atoms with E-state index < -0.39 is 5.54 Å². The molecule has 7 nitrogen and oxygen atoms in total. The number of carbonyl (C=O) groups is 3. The van der Waals surface area contributed by atoms with Crippen molar-refractivity contribution in [2.24, 2.45) is 0 Å². The van der Waals surface area contributed by atoms with Gasteiger partial charge in [0.05, 0.1) is 0 Å². The number of imide groups is 1. The molecule has 32 heavy (non-hydrogen) atoms. The van der Waals surface area contributed by atoms with Gasteiger partial charge in [0.2, 0.25) is 5.91 Å². The zero-order chi connectivity index (χ0) is 22.7. The number of anilines is 3. The van der Waals surface area contributed by atoms with Crippen molar-refractivity contribution in [2.75, 3.05) is 16.8 Å². The fourth-order valence-electron chi connectivity index (χ4n) is 4.65. The van der Waals surface area contributed by atoms with Crippen LogP contribution in [0.4, 0.5) is 21.9 Å². The molecule has 2 aromatic carbocycles. The predicted octanol–water partition coefficient (Wildman–Crippen LogP) is 4.43. The summed E-state index contributed by atoms with van der Waals surface area (Å²) in [5.41, 5.74) is 1.97. The fourth-order valence-corrected chi connectivity index (χ4v) is 4.65. The Morgan fingerprint density at radius 1 is 1.03 bits per heavy atom. The van der Waals surface area contributed by atoms with E-state index >= 15 is 0 Å². The number of urea groups is 1. The summed E-state index contributed by atoms with van der Waals surface area (Å²) in [5.74, 6) is -0.294. The van der Waals surface area contributed by atoms with Gasteiger partial charge in [0.1, 0.15) is 5.54 Å². The Hall–Kier alpha value is -3.35. The van der Waals surface area contributed by atoms with Crippen LogP contribution >= 0.6 is 0 Å². The summed E-state index contributed by atoms with van der Waals surface area (Å²) in [4.78, 5) is 41.2. The second kappa shape index (κ2) is 9.02. The summed E-state index contributed by atoms with van der Waals surface area (Å²) >= 11 is 0. The molecular weight excluding hydrogens is 404 g/mol. The van der Waals surface area contributed by atoms with E-state index in [1.807, 2.05) is 68.4 Å². The number of nitrogens with one attached hydrogen (secondary N) is 2. The maximum Gasteiger partial charge on any atom is 0.325 e. The Kier molecular flexibility index (Phi) is 6.17. The smallest absolute Gasteiger partial charge is 0.325 e. The molecule has 0 bridgehead atoms. The molecule has 2 aliphatic rings. The van der Waals surface area contributed by atoms with Gasteiger partial charge in [-0.25, -0.2) is 4.79 Å². The third kappa shape index (κ3) is 4.33. The highest BCUT2D eigenvalue weighted by Gasteiger charge is 2.52. The average molecular weight is 435 g/mol. The maximum atomic E-state index is 13.1. The predicted molar refractivity (Wildman–Crippen MR) is 125 cm³/mol. The number of carbonyl (C=O) groups excluding carboxylic acids is 3. The fraction of sp³-hybridized carbons (Fsp3) is 0.400. The molecular formula is C25H30N4O3. The highest BCUT2D eigenvalue weighted by molar-refractivity contribution is 6.07. The SMILES string of the molecule is CC(C)N(C(=O)CCN1C(=O)NC2(CCCC2)C1=O)c1ccc(Nc2ccccc2)cc1. The second-order valence-electron chi connectivity index (χ2n) is 8.82. The number of amides is 4. The molecule has 0 aromatic heterocycles. The molecule has 1 heterocycles. The van der Waals surface area contributed by atoms with Crippen molar-refractivity contribution >= 4 is 34.9 Å². The molecule has 1 saturated carbocycles. The molecule has 0 atom stereocenters. The van der Waals surface area contributed by atoms with Crippen molar-refractivity contribution < 1.29 is 14.4 Å². The van der Waals surface area contributed by atoms with Gasteiger partial charge in [0.15, 0.2) is 0 Å². The Bertz CT molecular complexity index is 982. The van der Waals surface area contributed by atoms with Crippen LogP contribution in [0.3, 0.4) is 0 Å². The molecule has 4 amide bonds. The molecule has 1 aliphatic heterocycles. The zero-order valence-electron chi connectivity index (χ0n) is 18.6. The van der Waals surface area contributed by atoms with Crippen molar-refractivity contribution in [3.8, 4) is 0 Å². The molecule has 2 N–H and O–H groups in total. The second-order valence-corrected chi connectivity index (χ2v) is 8.82. The van der Waals surface area contributed by atoms with Crippen LogP contribution in [0, 0.1) is 0 Å². The first-order valence-electron chi connectivity index (χ1n) is 11.3. The molecule has 168 valence electrons. The van der Waals surface area contributed by atoms with E-state index in [0.29, 0.717) is 12.8 Å². The van der Waals surface area contributed by atoms with Crippen molar-refractivity contribution in [2.45, 2.75) is 57.5 Å². The molecule has 4 rings (SSSR count). The highest BCUT2D eigenvalue weighted by Crippen LogP contribution is 2.35. The van der Waals surface area contributed by atoms with Gasteiger partial charge < -0.3 is 15.5 Å². The third-order valence-corrected chi connectivity index (χ3v) is 6.25. The summed E-state index contributed by atoms with van der Waals surface area (Å²) in [7, 11) is 0. The number of hydrogen-bond acceptors (Lipinski definition) is 4. The molecule has 0 unspecified atom stereocenters. The largest absolute Gasteiger partial charge is 0.356 e. The van der Waals surface area contributed by atoms with Crippen molar-refractivity contribution in [1.82, 2.24) is 10.2 Å². The number of benzene rings is 2. The topological polar surface area (TPSA) is 81.8 Å². The van der Waals surface area contributed by atoms with Gasteiger partial charge in [-0.3, -0.25) is 14.5 Å². The number of hydrogen-bond donors (Lipinski definition) is 2. The van der Waals surface area contributed by atoms with E-state index in [2.05, 4.69) is 10.6 Å². The average Bonchev–Trinajstić information content (AvgIpc) is 3.33. The first-order chi connectivity index (χ1) is 15.4. The van der Waals surface area contributed by atoms with E-state index in [0.717, 1.165) is 29.9 Å². The number of para-hydroxylation sites is 1. The van der Waals surface area contributed by atoms with E-state index in [9.17, 15) is 14.4 Å². The van der Waals surface area contributed by atoms with Gasteiger partial charge in [-0.15, -0.1) is 0 Å². The van der Waals surface area contributed by atoms with Crippen LogP contribution in [0.1, 0.15) is 46.0 Å². The third-order valence-electron chi connectivity index (χ3n) is 6.25. The standard InChI is InChI=1S/C25H30N4O3/c1-18(2)29(21-12-10-20(11-13-21)26-19-8-4-3-5-9-19)22(30)14-17-28-23(31)25(27-24(28)32)15-6-7-16-25/h3-5,8-13,18,26H,6-7,14-17H2,1-2H3,(H,27,32). The van der Waals surface area contributed by atoms with E-state index in [1.54, 1.807) is 4.90 Å². The summed E-state index contributed by atoms with van der Waals surface area (Å²) < 4.78 is 0. The Balaban J connectivity index is 1.41. The van der Waals surface area contributed by atoms with Crippen molar-refractivity contribution in [3.05, 3.63) is 54.6 Å². The van der Waals surface area contributed by atoms with Crippen LogP contribution < -0.4 is 15.5 Å². The van der Waals surface area contributed by atoms with Gasteiger partial charge in [-0.05, 0) is 63.1 Å². The molecule has 2 fully saturated rings. The molecule has 7 heteroatoms. The Morgan fingerprint density at radius 2 is 1.66 bits per heavy atom. The van der Waals surface area contributed by atoms with Gasteiger partial charge in [-0.2, -0.15) is 0 Å². The summed E-state index contributed by atoms with van der Waals surface area (Å²) in [6, 6.07) is 17.1. The minimum Gasteiger partial charge on any atom is -0.356 e. The van der Waals surface area contributed by atoms with Crippen LogP contribution in [-0.2, 0) is 9.59 Å². The van der Waals surface area contributed by atoms with E-state index in [1.165, 1.54) is 4.90 Å². The zero-order valence-corrected chi connectivity index (χ0v) is 18.6. The van der Waals surface area contributed by atoms with E-state index in [4.69, 9.17) is 0 Å². The molecule has 1 aliphatic carbocycles. The van der Waals surface area contributed by atoms with Crippen LogP contribution in [0.25, 0.3) is 0 Å². The number of nitrogens with zero attached hydrogens (tertiary/aromatic N) is 2. The normalized spacial score (nSPS) is 17.2. The molecule has 2 aromatic rings. The summed E-state index contributed by atoms with van der Waals surface area (Å²) in [6.45, 7) is 4.01. The first-order valence-corrected chi connectivity index (χ1v) is 11.3. The van der Waals surface area contributed by atoms with Gasteiger partial charge >= 0.3 is 6.03 Å². The van der Waals surface area contributed by atoms with Gasteiger partial charge in [0, 0.05) is 36.1 Å². The molecule has 1 saturated heterocycles. The minimum absolute atomic E-state index is 0.0558. The van der Waals surface area contributed by atoms with Crippen LogP contribution in [0.2, 0.25) is 0 Å². The van der Waals surface area contributed by atoms with Gasteiger partial charge in [0.25, 0.3) is 5.91 Å². The molecule has 0 radical (unpaired) electrons. The van der Waals surface area contributed by atoms with Gasteiger partial charge in [-0.1, -0.05) is 31.0 Å². The van der Waals surface area contributed by atoms with Crippen molar-refractivity contribution in [1.29, 1.82) is 0 Å². The Morgan fingerprint density at radius 3 is 2.28 bits per heavy atom. The first kappa shape index (κ1) is 21.9. The van der Waals surface area contributed by atoms with Crippen molar-refractivity contribution in [3.63, 3.8) is 0 Å². The van der Waals surface area contributed by atoms with Crippen LogP contribution in [0.15, 0.2) is 54.6 Å². The monoisotopic (exact) mass is 434 g/mol.